The molecule has 94 valence electrons. The van der Waals surface area contributed by atoms with Crippen LogP contribution in [-0.4, -0.2) is 17.3 Å². The Hall–Kier alpha value is -2.56. The lowest BCUT2D eigenvalue weighted by Crippen LogP contribution is -1.94. The van der Waals surface area contributed by atoms with Gasteiger partial charge in [0.1, 0.15) is 11.5 Å². The maximum Gasteiger partial charge on any atom is 0.169 e. The molecular formula is C13H13NO4. The summed E-state index contributed by atoms with van der Waals surface area (Å²) < 4.78 is 10.6. The molecule has 0 aliphatic carbocycles. The number of ether oxygens (including phenoxy) is 2. The topological polar surface area (TPSA) is 84.9 Å². The standard InChI is InChI=1S/C13H13NO4/c1-17-13-7-9(16)3-5-11(13)18-12-6-8(15)2-4-10(12)14/h2-7,15-16H,14H2,1H3. The predicted molar refractivity (Wildman–Crippen MR) is 67.3 cm³/mol. The second-order valence-electron chi connectivity index (χ2n) is 3.66. The third-order valence-corrected chi connectivity index (χ3v) is 2.36. The van der Waals surface area contributed by atoms with Gasteiger partial charge in [-0.2, -0.15) is 0 Å². The molecule has 4 N–H and O–H groups in total. The van der Waals surface area contributed by atoms with Crippen LogP contribution >= 0.6 is 0 Å². The fraction of sp³-hybridized carbons (Fsp3) is 0.0769. The van der Waals surface area contributed by atoms with Gasteiger partial charge in [-0.15, -0.1) is 0 Å². The van der Waals surface area contributed by atoms with E-state index in [1.54, 1.807) is 6.07 Å². The van der Waals surface area contributed by atoms with Crippen molar-refractivity contribution in [3.63, 3.8) is 0 Å². The second-order valence-corrected chi connectivity index (χ2v) is 3.66. The van der Waals surface area contributed by atoms with E-state index < -0.39 is 0 Å². The van der Waals surface area contributed by atoms with Crippen molar-refractivity contribution >= 4 is 5.69 Å². The first-order chi connectivity index (χ1) is 8.60. The number of aromatic hydroxyl groups is 2. The summed E-state index contributed by atoms with van der Waals surface area (Å²) in [5.74, 6) is 1.21. The molecule has 0 amide bonds. The number of nitrogens with two attached hydrogens (primary N) is 1. The zero-order valence-corrected chi connectivity index (χ0v) is 9.75. The highest BCUT2D eigenvalue weighted by Crippen LogP contribution is 2.37. The highest BCUT2D eigenvalue weighted by Gasteiger charge is 2.09. The monoisotopic (exact) mass is 247 g/mol. The molecule has 0 fully saturated rings. The van der Waals surface area contributed by atoms with Gasteiger partial charge < -0.3 is 25.4 Å². The van der Waals surface area contributed by atoms with Crippen molar-refractivity contribution in [2.24, 2.45) is 0 Å². The van der Waals surface area contributed by atoms with E-state index in [2.05, 4.69) is 0 Å². The van der Waals surface area contributed by atoms with Gasteiger partial charge in [0.05, 0.1) is 12.8 Å². The van der Waals surface area contributed by atoms with Crippen LogP contribution in [-0.2, 0) is 0 Å². The number of rotatable bonds is 3. The summed E-state index contributed by atoms with van der Waals surface area (Å²) in [6.45, 7) is 0. The SMILES string of the molecule is COc1cc(O)ccc1Oc1cc(O)ccc1N. The largest absolute Gasteiger partial charge is 0.508 e. The predicted octanol–water partition coefficient (Wildman–Crippen LogP) is 2.48. The number of hydrogen-bond donors (Lipinski definition) is 3. The van der Waals surface area contributed by atoms with Crippen LogP contribution in [0, 0.1) is 0 Å². The lowest BCUT2D eigenvalue weighted by molar-refractivity contribution is 0.373. The molecule has 0 aromatic heterocycles. The average molecular weight is 247 g/mol. The molecule has 2 aromatic rings. The molecule has 5 heteroatoms. The van der Waals surface area contributed by atoms with E-state index in [4.69, 9.17) is 15.2 Å². The Balaban J connectivity index is 2.36. The third-order valence-electron chi connectivity index (χ3n) is 2.36. The lowest BCUT2D eigenvalue weighted by atomic mass is 10.2. The molecule has 0 atom stereocenters. The van der Waals surface area contributed by atoms with Crippen LogP contribution < -0.4 is 15.2 Å². The van der Waals surface area contributed by atoms with Crippen LogP contribution in [0.15, 0.2) is 36.4 Å². The van der Waals surface area contributed by atoms with Crippen LogP contribution in [0.1, 0.15) is 0 Å². The van der Waals surface area contributed by atoms with Gasteiger partial charge in [0.15, 0.2) is 17.2 Å². The van der Waals surface area contributed by atoms with E-state index in [1.807, 2.05) is 0 Å². The lowest BCUT2D eigenvalue weighted by Gasteiger charge is -2.12. The minimum Gasteiger partial charge on any atom is -0.508 e. The zero-order valence-electron chi connectivity index (χ0n) is 9.75. The second kappa shape index (κ2) is 4.75. The number of nitrogen functional groups attached to an aromatic ring is 1. The van der Waals surface area contributed by atoms with Crippen molar-refractivity contribution in [2.45, 2.75) is 0 Å². The molecule has 2 aromatic carbocycles. The average Bonchev–Trinajstić information content (AvgIpc) is 2.36. The summed E-state index contributed by atoms with van der Waals surface area (Å²) in [4.78, 5) is 0. The molecule has 2 rings (SSSR count). The number of hydrogen-bond acceptors (Lipinski definition) is 5. The maximum absolute atomic E-state index is 9.38. The molecule has 0 bridgehead atoms. The fourth-order valence-corrected chi connectivity index (χ4v) is 1.47. The summed E-state index contributed by atoms with van der Waals surface area (Å²) in [5, 5.41) is 18.7. The highest BCUT2D eigenvalue weighted by atomic mass is 16.5. The molecule has 0 aliphatic heterocycles. The number of phenols is 2. The van der Waals surface area contributed by atoms with Crippen molar-refractivity contribution < 1.29 is 19.7 Å². The molecule has 0 spiro atoms. The Morgan fingerprint density at radius 1 is 0.889 bits per heavy atom. The Bertz CT molecular complexity index is 569. The van der Waals surface area contributed by atoms with Gasteiger partial charge in [-0.1, -0.05) is 0 Å². The van der Waals surface area contributed by atoms with Gasteiger partial charge in [-0.05, 0) is 24.3 Å². The van der Waals surface area contributed by atoms with Crippen LogP contribution in [0.3, 0.4) is 0 Å². The van der Waals surface area contributed by atoms with Crippen LogP contribution in [0.25, 0.3) is 0 Å². The Kier molecular flexibility index (Phi) is 3.14. The minimum atomic E-state index is 0.0527. The van der Waals surface area contributed by atoms with Crippen molar-refractivity contribution in [1.82, 2.24) is 0 Å². The summed E-state index contributed by atoms with van der Waals surface area (Å²) >= 11 is 0. The van der Waals surface area contributed by atoms with E-state index in [-0.39, 0.29) is 11.5 Å². The Morgan fingerprint density at radius 3 is 2.17 bits per heavy atom. The Labute approximate surface area is 104 Å². The van der Waals surface area contributed by atoms with Gasteiger partial charge in [-0.25, -0.2) is 0 Å². The van der Waals surface area contributed by atoms with E-state index in [0.717, 1.165) is 0 Å². The molecule has 5 nitrogen and oxygen atoms in total. The van der Waals surface area contributed by atoms with Crippen LogP contribution in [0.5, 0.6) is 28.7 Å². The van der Waals surface area contributed by atoms with Gasteiger partial charge in [0.2, 0.25) is 0 Å². The molecule has 18 heavy (non-hydrogen) atoms. The quantitative estimate of drug-likeness (QED) is 0.573. The fourth-order valence-electron chi connectivity index (χ4n) is 1.47. The first-order valence-corrected chi connectivity index (χ1v) is 5.23. The van der Waals surface area contributed by atoms with Gasteiger partial charge in [0, 0.05) is 12.1 Å². The molecule has 0 unspecified atom stereocenters. The number of benzene rings is 2. The van der Waals surface area contributed by atoms with Crippen molar-refractivity contribution in [2.75, 3.05) is 12.8 Å². The molecule has 0 radical (unpaired) electrons. The number of methoxy groups -OCH3 is 1. The smallest absolute Gasteiger partial charge is 0.169 e. The highest BCUT2D eigenvalue weighted by molar-refractivity contribution is 5.58. The summed E-state index contributed by atoms with van der Waals surface area (Å²) in [7, 11) is 1.47. The molecule has 0 heterocycles. The summed E-state index contributed by atoms with van der Waals surface area (Å²) in [6.07, 6.45) is 0. The van der Waals surface area contributed by atoms with Gasteiger partial charge in [0.25, 0.3) is 0 Å². The van der Waals surface area contributed by atoms with Gasteiger partial charge in [-0.3, -0.25) is 0 Å². The normalized spacial score (nSPS) is 10.1. The van der Waals surface area contributed by atoms with E-state index >= 15 is 0 Å². The van der Waals surface area contributed by atoms with E-state index in [9.17, 15) is 10.2 Å². The first-order valence-electron chi connectivity index (χ1n) is 5.23. The molecule has 0 saturated heterocycles. The zero-order chi connectivity index (χ0) is 13.1. The first kappa shape index (κ1) is 11.9. The van der Waals surface area contributed by atoms with Crippen molar-refractivity contribution in [3.05, 3.63) is 36.4 Å². The molecule has 0 aliphatic rings. The molecule has 0 saturated carbocycles. The number of phenolic OH excluding ortho intramolecular Hbond substituents is 2. The van der Waals surface area contributed by atoms with Crippen LogP contribution in [0.4, 0.5) is 5.69 Å². The van der Waals surface area contributed by atoms with Crippen LogP contribution in [0.2, 0.25) is 0 Å². The van der Waals surface area contributed by atoms with Crippen molar-refractivity contribution in [1.29, 1.82) is 0 Å². The Morgan fingerprint density at radius 2 is 1.50 bits per heavy atom. The number of anilines is 1. The summed E-state index contributed by atoms with van der Waals surface area (Å²) in [5.41, 5.74) is 6.12. The summed E-state index contributed by atoms with van der Waals surface area (Å²) in [6, 6.07) is 8.86. The third kappa shape index (κ3) is 2.40. The van der Waals surface area contributed by atoms with Crippen molar-refractivity contribution in [3.8, 4) is 28.7 Å². The van der Waals surface area contributed by atoms with Gasteiger partial charge >= 0.3 is 0 Å². The maximum atomic E-state index is 9.38. The van der Waals surface area contributed by atoms with E-state index in [0.29, 0.717) is 22.9 Å². The minimum absolute atomic E-state index is 0.0527. The van der Waals surface area contributed by atoms with E-state index in [1.165, 1.54) is 37.4 Å². The molecular weight excluding hydrogens is 234 g/mol.